The number of amides is 1. The lowest BCUT2D eigenvalue weighted by Crippen LogP contribution is -2.13. The van der Waals surface area contributed by atoms with Gasteiger partial charge < -0.3 is 9.88 Å². The SMILES string of the molecule is Cc1cccc(NC(=O)/C(C#N)=C\c2ccc(C)n2-c2ccccc2)c1. The number of benzene rings is 2. The Morgan fingerprint density at radius 3 is 2.50 bits per heavy atom. The highest BCUT2D eigenvalue weighted by Gasteiger charge is 2.12. The quantitative estimate of drug-likeness (QED) is 0.555. The van der Waals surface area contributed by atoms with Gasteiger partial charge in [-0.05, 0) is 61.9 Å². The lowest BCUT2D eigenvalue weighted by molar-refractivity contribution is -0.112. The van der Waals surface area contributed by atoms with Crippen molar-refractivity contribution in [3.05, 3.63) is 89.3 Å². The van der Waals surface area contributed by atoms with Gasteiger partial charge in [0.15, 0.2) is 0 Å². The number of carbonyl (C=O) groups is 1. The first-order valence-corrected chi connectivity index (χ1v) is 8.32. The average molecular weight is 341 g/mol. The third-order valence-electron chi connectivity index (χ3n) is 4.05. The van der Waals surface area contributed by atoms with E-state index < -0.39 is 5.91 Å². The van der Waals surface area contributed by atoms with Crippen LogP contribution in [0.4, 0.5) is 5.69 Å². The van der Waals surface area contributed by atoms with Crippen molar-refractivity contribution < 1.29 is 4.79 Å². The number of nitriles is 1. The van der Waals surface area contributed by atoms with Gasteiger partial charge in [0.1, 0.15) is 11.6 Å². The molecule has 0 bridgehead atoms. The average Bonchev–Trinajstić information content (AvgIpc) is 3.00. The van der Waals surface area contributed by atoms with Gasteiger partial charge in [-0.15, -0.1) is 0 Å². The van der Waals surface area contributed by atoms with Crippen LogP contribution in [-0.4, -0.2) is 10.5 Å². The van der Waals surface area contributed by atoms with Crippen LogP contribution in [0, 0.1) is 25.2 Å². The molecule has 2 aromatic carbocycles. The van der Waals surface area contributed by atoms with E-state index in [4.69, 9.17) is 0 Å². The predicted octanol–water partition coefficient (Wildman–Crippen LogP) is 4.64. The van der Waals surface area contributed by atoms with Crippen LogP contribution in [0.2, 0.25) is 0 Å². The third kappa shape index (κ3) is 3.73. The molecule has 128 valence electrons. The second kappa shape index (κ2) is 7.54. The summed E-state index contributed by atoms with van der Waals surface area (Å²) < 4.78 is 2.01. The maximum absolute atomic E-state index is 12.5. The molecule has 26 heavy (non-hydrogen) atoms. The zero-order valence-corrected chi connectivity index (χ0v) is 14.7. The molecule has 1 amide bonds. The van der Waals surface area contributed by atoms with Crippen LogP contribution in [-0.2, 0) is 4.79 Å². The first-order valence-electron chi connectivity index (χ1n) is 8.32. The number of para-hydroxylation sites is 1. The molecule has 4 heteroatoms. The molecular weight excluding hydrogens is 322 g/mol. The van der Waals surface area contributed by atoms with E-state index in [0.29, 0.717) is 5.69 Å². The number of aromatic nitrogens is 1. The van der Waals surface area contributed by atoms with Crippen molar-refractivity contribution in [1.82, 2.24) is 4.57 Å². The third-order valence-corrected chi connectivity index (χ3v) is 4.05. The van der Waals surface area contributed by atoms with Crippen LogP contribution in [0.15, 0.2) is 72.3 Å². The van der Waals surface area contributed by atoms with E-state index in [-0.39, 0.29) is 5.57 Å². The highest BCUT2D eigenvalue weighted by molar-refractivity contribution is 6.09. The fourth-order valence-corrected chi connectivity index (χ4v) is 2.82. The van der Waals surface area contributed by atoms with Crippen LogP contribution in [0.1, 0.15) is 17.0 Å². The first kappa shape index (κ1) is 17.2. The molecule has 1 N–H and O–H groups in total. The number of nitrogens with zero attached hydrogens (tertiary/aromatic N) is 2. The predicted molar refractivity (Wildman–Crippen MR) is 104 cm³/mol. The standard InChI is InChI=1S/C22H19N3O/c1-16-7-6-8-19(13-16)24-22(26)18(15-23)14-21-12-11-17(2)25(21)20-9-4-3-5-10-20/h3-14H,1-2H3,(H,24,26)/b18-14-. The molecule has 1 aromatic heterocycles. The second-order valence-electron chi connectivity index (χ2n) is 6.06. The molecule has 1 heterocycles. The van der Waals surface area contributed by atoms with Crippen LogP contribution >= 0.6 is 0 Å². The smallest absolute Gasteiger partial charge is 0.266 e. The van der Waals surface area contributed by atoms with Crippen molar-refractivity contribution in [2.45, 2.75) is 13.8 Å². The molecule has 3 aromatic rings. The molecule has 0 atom stereocenters. The summed E-state index contributed by atoms with van der Waals surface area (Å²) in [5, 5.41) is 12.3. The minimum absolute atomic E-state index is 0.0572. The maximum atomic E-state index is 12.5. The topological polar surface area (TPSA) is 57.8 Å². The summed E-state index contributed by atoms with van der Waals surface area (Å²) in [5.41, 5.74) is 4.56. The van der Waals surface area contributed by atoms with Crippen molar-refractivity contribution >= 4 is 17.7 Å². The molecule has 0 spiro atoms. The first-order chi connectivity index (χ1) is 12.6. The number of carbonyl (C=O) groups excluding carboxylic acids is 1. The van der Waals surface area contributed by atoms with E-state index in [1.165, 1.54) is 0 Å². The molecular formula is C22H19N3O. The van der Waals surface area contributed by atoms with Gasteiger partial charge >= 0.3 is 0 Å². The van der Waals surface area contributed by atoms with Crippen molar-refractivity contribution in [3.8, 4) is 11.8 Å². The molecule has 0 saturated heterocycles. The van der Waals surface area contributed by atoms with E-state index in [9.17, 15) is 10.1 Å². The molecule has 0 aliphatic rings. The largest absolute Gasteiger partial charge is 0.321 e. The molecule has 3 rings (SSSR count). The van der Waals surface area contributed by atoms with Gasteiger partial charge in [0.05, 0.1) is 0 Å². The normalized spacial score (nSPS) is 11.0. The monoisotopic (exact) mass is 341 g/mol. The van der Waals surface area contributed by atoms with Gasteiger partial charge in [0.2, 0.25) is 0 Å². The number of hydrogen-bond acceptors (Lipinski definition) is 2. The zero-order valence-electron chi connectivity index (χ0n) is 14.7. The van der Waals surface area contributed by atoms with Gasteiger partial charge in [-0.2, -0.15) is 5.26 Å². The summed E-state index contributed by atoms with van der Waals surface area (Å²) in [6, 6.07) is 23.2. The van der Waals surface area contributed by atoms with Gasteiger partial charge in [-0.25, -0.2) is 0 Å². The summed E-state index contributed by atoms with van der Waals surface area (Å²) in [6.07, 6.45) is 1.62. The lowest BCUT2D eigenvalue weighted by atomic mass is 10.2. The van der Waals surface area contributed by atoms with Crippen LogP contribution < -0.4 is 5.32 Å². The Morgan fingerprint density at radius 1 is 1.04 bits per heavy atom. The fraction of sp³-hybridized carbons (Fsp3) is 0.0909. The number of nitrogens with one attached hydrogen (secondary N) is 1. The Labute approximate surface area is 153 Å². The van der Waals surface area contributed by atoms with Gasteiger partial charge in [-0.3, -0.25) is 4.79 Å². The lowest BCUT2D eigenvalue weighted by Gasteiger charge is -2.10. The van der Waals surface area contributed by atoms with E-state index >= 15 is 0 Å². The number of anilines is 1. The summed E-state index contributed by atoms with van der Waals surface area (Å²) in [4.78, 5) is 12.5. The van der Waals surface area contributed by atoms with Crippen molar-refractivity contribution in [2.75, 3.05) is 5.32 Å². The maximum Gasteiger partial charge on any atom is 0.266 e. The molecule has 0 fully saturated rings. The molecule has 0 saturated carbocycles. The van der Waals surface area contributed by atoms with Crippen molar-refractivity contribution in [3.63, 3.8) is 0 Å². The van der Waals surface area contributed by atoms with Gasteiger partial charge in [0, 0.05) is 22.8 Å². The van der Waals surface area contributed by atoms with E-state index in [2.05, 4.69) is 5.32 Å². The van der Waals surface area contributed by atoms with Gasteiger partial charge in [-0.1, -0.05) is 30.3 Å². The molecule has 0 aliphatic carbocycles. The van der Waals surface area contributed by atoms with Crippen molar-refractivity contribution in [1.29, 1.82) is 5.26 Å². The van der Waals surface area contributed by atoms with Crippen LogP contribution in [0.25, 0.3) is 11.8 Å². The number of rotatable bonds is 4. The molecule has 4 nitrogen and oxygen atoms in total. The zero-order chi connectivity index (χ0) is 18.5. The Balaban J connectivity index is 1.93. The van der Waals surface area contributed by atoms with Crippen LogP contribution in [0.3, 0.4) is 0 Å². The highest BCUT2D eigenvalue weighted by atomic mass is 16.1. The minimum atomic E-state index is -0.420. The highest BCUT2D eigenvalue weighted by Crippen LogP contribution is 2.19. The Kier molecular flexibility index (Phi) is 5.00. The second-order valence-corrected chi connectivity index (χ2v) is 6.06. The summed E-state index contributed by atoms with van der Waals surface area (Å²) in [6.45, 7) is 3.94. The summed E-state index contributed by atoms with van der Waals surface area (Å²) >= 11 is 0. The van der Waals surface area contributed by atoms with Crippen LogP contribution in [0.5, 0.6) is 0 Å². The fourth-order valence-electron chi connectivity index (χ4n) is 2.82. The van der Waals surface area contributed by atoms with E-state index in [1.807, 2.05) is 85.1 Å². The number of hydrogen-bond donors (Lipinski definition) is 1. The Morgan fingerprint density at radius 2 is 1.81 bits per heavy atom. The summed E-state index contributed by atoms with van der Waals surface area (Å²) in [7, 11) is 0. The summed E-state index contributed by atoms with van der Waals surface area (Å²) in [5.74, 6) is -0.420. The number of aryl methyl sites for hydroxylation is 2. The Hall–Kier alpha value is -3.58. The van der Waals surface area contributed by atoms with Gasteiger partial charge in [0.25, 0.3) is 5.91 Å². The van der Waals surface area contributed by atoms with Crippen molar-refractivity contribution in [2.24, 2.45) is 0 Å². The Bertz CT molecular complexity index is 1010. The van der Waals surface area contributed by atoms with E-state index in [0.717, 1.165) is 22.6 Å². The van der Waals surface area contributed by atoms with E-state index in [1.54, 1.807) is 12.1 Å². The molecule has 0 radical (unpaired) electrons. The molecule has 0 unspecified atom stereocenters. The minimum Gasteiger partial charge on any atom is -0.321 e. The molecule has 0 aliphatic heterocycles.